The lowest BCUT2D eigenvalue weighted by Gasteiger charge is -2.14. The first-order chi connectivity index (χ1) is 18.2. The van der Waals surface area contributed by atoms with Gasteiger partial charge in [-0.15, -0.1) is 0 Å². The molecule has 1 nitrogen and oxygen atoms in total. The molecule has 39 heavy (non-hydrogen) atoms. The van der Waals surface area contributed by atoms with Gasteiger partial charge in [-0.05, 0) is 81.9 Å². The molecule has 0 unspecified atom stereocenters. The predicted octanol–water partition coefficient (Wildman–Crippen LogP) is 10.9. The number of hydrogen-bond acceptors (Lipinski definition) is 1. The molecule has 0 atom stereocenters. The molecule has 0 heterocycles. The lowest BCUT2D eigenvalue weighted by atomic mass is 9.97. The van der Waals surface area contributed by atoms with Crippen molar-refractivity contribution >= 4 is 34.3 Å². The lowest BCUT2D eigenvalue weighted by Crippen LogP contribution is -2.06. The van der Waals surface area contributed by atoms with Gasteiger partial charge in [-0.2, -0.15) is 26.3 Å². The normalized spacial score (nSPS) is 11.8. The molecule has 0 radical (unpaired) electrons. The van der Waals surface area contributed by atoms with Crippen LogP contribution in [-0.4, -0.2) is 0 Å². The van der Waals surface area contributed by atoms with Crippen LogP contribution in [0.5, 0.6) is 11.5 Å². The molecule has 0 bridgehead atoms. The van der Waals surface area contributed by atoms with E-state index in [1.165, 1.54) is 24.3 Å². The van der Waals surface area contributed by atoms with Gasteiger partial charge in [0.2, 0.25) is 0 Å². The van der Waals surface area contributed by atoms with E-state index < -0.39 is 33.5 Å². The summed E-state index contributed by atoms with van der Waals surface area (Å²) >= 11 is 11.4. The number of rotatable bonds is 6. The van der Waals surface area contributed by atoms with Crippen LogP contribution in [0.3, 0.4) is 0 Å². The van der Waals surface area contributed by atoms with E-state index in [0.29, 0.717) is 33.8 Å². The Hall–Kier alpha value is -3.68. The van der Waals surface area contributed by atoms with Crippen molar-refractivity contribution < 1.29 is 31.1 Å². The Bertz CT molecular complexity index is 1420. The van der Waals surface area contributed by atoms with E-state index >= 15 is 0 Å². The molecule has 0 fully saturated rings. The van der Waals surface area contributed by atoms with E-state index in [-0.39, 0.29) is 11.1 Å². The van der Waals surface area contributed by atoms with Crippen LogP contribution in [-0.2, 0) is 12.4 Å². The average Bonchev–Trinajstić information content (AvgIpc) is 2.88. The van der Waals surface area contributed by atoms with Gasteiger partial charge in [-0.3, -0.25) is 0 Å². The van der Waals surface area contributed by atoms with Crippen molar-refractivity contribution in [3.63, 3.8) is 0 Å². The van der Waals surface area contributed by atoms with E-state index in [1.807, 2.05) is 0 Å². The molecule has 200 valence electrons. The molecule has 4 aromatic rings. The number of alkyl halides is 6. The molecular weight excluding hydrogens is 561 g/mol. The molecule has 4 rings (SSSR count). The maximum Gasteiger partial charge on any atom is 0.417 e. The van der Waals surface area contributed by atoms with Crippen LogP contribution in [0, 0.1) is 0 Å². The highest BCUT2D eigenvalue weighted by atomic mass is 35.5. The Morgan fingerprint density at radius 2 is 0.821 bits per heavy atom. The lowest BCUT2D eigenvalue weighted by molar-refractivity contribution is -0.138. The minimum atomic E-state index is -4.59. The first kappa shape index (κ1) is 28.3. The van der Waals surface area contributed by atoms with E-state index in [1.54, 1.807) is 48.5 Å². The van der Waals surface area contributed by atoms with Crippen LogP contribution in [0.15, 0.2) is 98.1 Å². The monoisotopic (exact) mass is 578 g/mol. The van der Waals surface area contributed by atoms with Gasteiger partial charge in [0.1, 0.15) is 11.5 Å². The molecule has 4 aromatic carbocycles. The van der Waals surface area contributed by atoms with E-state index in [9.17, 15) is 26.3 Å². The molecule has 9 heteroatoms. The van der Waals surface area contributed by atoms with Crippen molar-refractivity contribution in [2.45, 2.75) is 12.4 Å². The van der Waals surface area contributed by atoms with Crippen LogP contribution >= 0.6 is 23.2 Å². The van der Waals surface area contributed by atoms with Crippen molar-refractivity contribution in [1.29, 1.82) is 0 Å². The third-order valence-electron chi connectivity index (χ3n) is 5.88. The van der Waals surface area contributed by atoms with Gasteiger partial charge >= 0.3 is 12.4 Å². The third kappa shape index (κ3) is 6.49. The Kier molecular flexibility index (Phi) is 7.87. The smallest absolute Gasteiger partial charge is 0.417 e. The summed E-state index contributed by atoms with van der Waals surface area (Å²) in [5.74, 6) is 0.912. The van der Waals surface area contributed by atoms with Gasteiger partial charge in [0.05, 0.1) is 21.2 Å². The number of ether oxygens (including phenoxy) is 1. The zero-order valence-corrected chi connectivity index (χ0v) is 21.4. The standard InChI is InChI=1S/C30H18Cl2F6O/c1-17(21-7-13-27(31)25(15-21)29(33,34)35)19-3-9-23(10-4-19)39-24-11-5-20(6-12-24)18(2)22-8-14-28(32)26(16-22)30(36,37)38/h3-16H,1-2H2. The summed E-state index contributed by atoms with van der Waals surface area (Å²) in [6.07, 6.45) is -9.18. The number of hydrogen-bond donors (Lipinski definition) is 0. The molecular formula is C30H18Cl2F6O. The van der Waals surface area contributed by atoms with Gasteiger partial charge in [0, 0.05) is 0 Å². The average molecular weight is 579 g/mol. The van der Waals surface area contributed by atoms with E-state index in [4.69, 9.17) is 27.9 Å². The van der Waals surface area contributed by atoms with Crippen LogP contribution in [0.2, 0.25) is 10.0 Å². The van der Waals surface area contributed by atoms with Gasteiger partial charge in [-0.25, -0.2) is 0 Å². The second kappa shape index (κ2) is 10.8. The second-order valence-electron chi connectivity index (χ2n) is 8.49. The topological polar surface area (TPSA) is 9.23 Å². The zero-order valence-electron chi connectivity index (χ0n) is 19.9. The maximum atomic E-state index is 13.2. The van der Waals surface area contributed by atoms with Crippen molar-refractivity contribution in [3.05, 3.63) is 142 Å². The Morgan fingerprint density at radius 1 is 0.513 bits per heavy atom. The van der Waals surface area contributed by atoms with Gasteiger partial charge < -0.3 is 4.74 Å². The minimum Gasteiger partial charge on any atom is -0.457 e. The van der Waals surface area contributed by atoms with Crippen LogP contribution in [0.4, 0.5) is 26.3 Å². The highest BCUT2D eigenvalue weighted by molar-refractivity contribution is 6.31. The van der Waals surface area contributed by atoms with Crippen molar-refractivity contribution in [1.82, 2.24) is 0 Å². The van der Waals surface area contributed by atoms with E-state index in [2.05, 4.69) is 13.2 Å². The van der Waals surface area contributed by atoms with Crippen LogP contribution in [0.1, 0.15) is 33.4 Å². The fourth-order valence-electron chi connectivity index (χ4n) is 3.78. The molecule has 0 N–H and O–H groups in total. The summed E-state index contributed by atoms with van der Waals surface area (Å²) in [6.45, 7) is 7.81. The Labute approximate surface area is 230 Å². The van der Waals surface area contributed by atoms with Crippen LogP contribution in [0.25, 0.3) is 11.1 Å². The first-order valence-electron chi connectivity index (χ1n) is 11.2. The van der Waals surface area contributed by atoms with Crippen molar-refractivity contribution in [2.24, 2.45) is 0 Å². The summed E-state index contributed by atoms with van der Waals surface area (Å²) in [5.41, 5.74) is 0.608. The minimum absolute atomic E-state index is 0.277. The first-order valence-corrected chi connectivity index (χ1v) is 12.0. The molecule has 0 aliphatic heterocycles. The molecule has 0 saturated heterocycles. The zero-order chi connectivity index (χ0) is 28.5. The molecule has 0 aliphatic carbocycles. The number of benzene rings is 4. The fourth-order valence-corrected chi connectivity index (χ4v) is 4.23. The summed E-state index contributed by atoms with van der Waals surface area (Å²) in [4.78, 5) is 0. The third-order valence-corrected chi connectivity index (χ3v) is 6.54. The SMILES string of the molecule is C=C(c1ccc(Oc2ccc(C(=C)c3ccc(Cl)c(C(F)(F)F)c3)cc2)cc1)c1ccc(Cl)c(C(F)(F)F)c1. The molecule has 0 aliphatic rings. The largest absolute Gasteiger partial charge is 0.457 e. The molecule has 0 aromatic heterocycles. The Balaban J connectivity index is 1.47. The quantitative estimate of drug-likeness (QED) is 0.207. The summed E-state index contributed by atoms with van der Waals surface area (Å²) < 4.78 is 85.0. The van der Waals surface area contributed by atoms with Gasteiger partial charge in [0.25, 0.3) is 0 Å². The summed E-state index contributed by atoms with van der Waals surface area (Å²) in [5, 5.41) is -0.784. The molecule has 0 spiro atoms. The van der Waals surface area contributed by atoms with Crippen molar-refractivity contribution in [2.75, 3.05) is 0 Å². The fraction of sp³-hybridized carbons (Fsp3) is 0.0667. The van der Waals surface area contributed by atoms with Crippen molar-refractivity contribution in [3.8, 4) is 11.5 Å². The van der Waals surface area contributed by atoms with E-state index in [0.717, 1.165) is 12.1 Å². The predicted molar refractivity (Wildman–Crippen MR) is 142 cm³/mol. The summed E-state index contributed by atoms with van der Waals surface area (Å²) in [7, 11) is 0. The highest BCUT2D eigenvalue weighted by Crippen LogP contribution is 2.38. The molecule has 0 saturated carbocycles. The summed E-state index contributed by atoms with van der Waals surface area (Å²) in [6, 6.07) is 20.4. The van der Waals surface area contributed by atoms with Gasteiger partial charge in [0.15, 0.2) is 0 Å². The second-order valence-corrected chi connectivity index (χ2v) is 9.31. The molecule has 0 amide bonds. The number of halogens is 8. The Morgan fingerprint density at radius 3 is 1.13 bits per heavy atom. The maximum absolute atomic E-state index is 13.2. The van der Waals surface area contributed by atoms with Crippen LogP contribution < -0.4 is 4.74 Å². The highest BCUT2D eigenvalue weighted by Gasteiger charge is 2.34. The van der Waals surface area contributed by atoms with Gasteiger partial charge in [-0.1, -0.05) is 72.8 Å².